The Hall–Kier alpha value is -0.650. The van der Waals surface area contributed by atoms with Crippen LogP contribution in [0.3, 0.4) is 0 Å². The van der Waals surface area contributed by atoms with E-state index in [1.807, 2.05) is 13.8 Å². The van der Waals surface area contributed by atoms with Crippen LogP contribution in [-0.4, -0.2) is 74.2 Å². The summed E-state index contributed by atoms with van der Waals surface area (Å²) >= 11 is 0. The molecular weight excluding hydrogens is 254 g/mol. The highest BCUT2D eigenvalue weighted by Gasteiger charge is 2.36. The van der Waals surface area contributed by atoms with Gasteiger partial charge in [-0.25, -0.2) is 0 Å². The summed E-state index contributed by atoms with van der Waals surface area (Å²) in [6.45, 7) is 11.4. The summed E-state index contributed by atoms with van der Waals surface area (Å²) in [5.74, 6) is -0.168. The van der Waals surface area contributed by atoms with Crippen LogP contribution in [-0.2, 0) is 9.53 Å². The van der Waals surface area contributed by atoms with Crippen molar-refractivity contribution in [1.29, 1.82) is 0 Å². The summed E-state index contributed by atoms with van der Waals surface area (Å²) in [5, 5.41) is 3.29. The van der Waals surface area contributed by atoms with E-state index in [0.717, 1.165) is 39.1 Å². The smallest absolute Gasteiger partial charge is 0.325 e. The third-order valence-electron chi connectivity index (χ3n) is 4.28. The van der Waals surface area contributed by atoms with Crippen LogP contribution >= 0.6 is 0 Å². The zero-order valence-electron chi connectivity index (χ0n) is 13.7. The molecule has 0 spiro atoms. The summed E-state index contributed by atoms with van der Waals surface area (Å²) in [6, 6.07) is 0.365. The van der Waals surface area contributed by atoms with Gasteiger partial charge in [-0.05, 0) is 53.4 Å². The quantitative estimate of drug-likeness (QED) is 0.736. The minimum Gasteiger partial charge on any atom is -0.468 e. The lowest BCUT2D eigenvalue weighted by Gasteiger charge is -2.35. The standard InChI is InChI=1S/C15H31N3O2/c1-6-16-15(3,14(19)20-5)12-13(2)18-9-7-8-17(4)10-11-18/h13,16H,6-12H2,1-5H3. The number of carbonyl (C=O) groups is 1. The van der Waals surface area contributed by atoms with E-state index in [1.54, 1.807) is 0 Å². The zero-order chi connectivity index (χ0) is 15.2. The van der Waals surface area contributed by atoms with E-state index in [9.17, 15) is 4.79 Å². The van der Waals surface area contributed by atoms with Gasteiger partial charge in [0.15, 0.2) is 0 Å². The highest BCUT2D eigenvalue weighted by Crippen LogP contribution is 2.19. The predicted octanol–water partition coefficient (Wildman–Crippen LogP) is 0.944. The molecule has 118 valence electrons. The Labute approximate surface area is 123 Å². The molecule has 1 rings (SSSR count). The Morgan fingerprint density at radius 3 is 2.65 bits per heavy atom. The van der Waals surface area contributed by atoms with Crippen LogP contribution < -0.4 is 5.32 Å². The minimum absolute atomic E-state index is 0.168. The molecule has 1 saturated heterocycles. The summed E-state index contributed by atoms with van der Waals surface area (Å²) in [7, 11) is 3.63. The Morgan fingerprint density at radius 2 is 2.05 bits per heavy atom. The number of ether oxygens (including phenoxy) is 1. The minimum atomic E-state index is -0.596. The number of methoxy groups -OCH3 is 1. The van der Waals surface area contributed by atoms with Crippen molar-refractivity contribution < 1.29 is 9.53 Å². The number of esters is 1. The molecule has 0 aromatic rings. The summed E-state index contributed by atoms with van der Waals surface area (Å²) < 4.78 is 4.97. The number of nitrogens with zero attached hydrogens (tertiary/aromatic N) is 2. The average molecular weight is 285 g/mol. The molecule has 20 heavy (non-hydrogen) atoms. The van der Waals surface area contributed by atoms with Crippen molar-refractivity contribution in [2.75, 3.05) is 46.9 Å². The third kappa shape index (κ3) is 4.72. The maximum Gasteiger partial charge on any atom is 0.325 e. The summed E-state index contributed by atoms with van der Waals surface area (Å²) in [6.07, 6.45) is 1.97. The number of nitrogens with one attached hydrogen (secondary N) is 1. The number of rotatable bonds is 6. The molecule has 1 aliphatic rings. The molecule has 0 aromatic heterocycles. The van der Waals surface area contributed by atoms with E-state index < -0.39 is 5.54 Å². The lowest BCUT2D eigenvalue weighted by molar-refractivity contribution is -0.148. The van der Waals surface area contributed by atoms with Crippen molar-refractivity contribution in [1.82, 2.24) is 15.1 Å². The first kappa shape index (κ1) is 17.4. The van der Waals surface area contributed by atoms with Gasteiger partial charge in [0.1, 0.15) is 5.54 Å². The van der Waals surface area contributed by atoms with Crippen molar-refractivity contribution in [2.45, 2.75) is 45.2 Å². The van der Waals surface area contributed by atoms with Crippen molar-refractivity contribution in [3.8, 4) is 0 Å². The Balaban J connectivity index is 2.65. The number of hydrogen-bond donors (Lipinski definition) is 1. The van der Waals surface area contributed by atoms with Crippen LogP contribution in [0.25, 0.3) is 0 Å². The first-order valence-corrected chi connectivity index (χ1v) is 7.69. The van der Waals surface area contributed by atoms with Crippen molar-refractivity contribution in [2.24, 2.45) is 0 Å². The van der Waals surface area contributed by atoms with Crippen molar-refractivity contribution >= 4 is 5.97 Å². The van der Waals surface area contributed by atoms with Crippen LogP contribution in [0.4, 0.5) is 0 Å². The van der Waals surface area contributed by atoms with Gasteiger partial charge in [0, 0.05) is 19.1 Å². The highest BCUT2D eigenvalue weighted by molar-refractivity contribution is 5.80. The van der Waals surface area contributed by atoms with Gasteiger partial charge >= 0.3 is 5.97 Å². The summed E-state index contributed by atoms with van der Waals surface area (Å²) in [4.78, 5) is 16.9. The molecule has 1 aliphatic heterocycles. The van der Waals surface area contributed by atoms with Gasteiger partial charge in [-0.15, -0.1) is 0 Å². The molecule has 0 aliphatic carbocycles. The van der Waals surface area contributed by atoms with Gasteiger partial charge in [-0.3, -0.25) is 9.69 Å². The molecule has 5 nitrogen and oxygen atoms in total. The fourth-order valence-electron chi connectivity index (χ4n) is 3.07. The number of hydrogen-bond acceptors (Lipinski definition) is 5. The SMILES string of the molecule is CCNC(C)(CC(C)N1CCCN(C)CC1)C(=O)OC. The highest BCUT2D eigenvalue weighted by atomic mass is 16.5. The molecule has 2 atom stereocenters. The number of likely N-dealkylation sites (N-methyl/N-ethyl adjacent to an activating group) is 2. The van der Waals surface area contributed by atoms with Gasteiger partial charge < -0.3 is 15.0 Å². The van der Waals surface area contributed by atoms with E-state index in [2.05, 4.69) is 29.1 Å². The molecule has 2 unspecified atom stereocenters. The van der Waals surface area contributed by atoms with Gasteiger partial charge in [0.2, 0.25) is 0 Å². The van der Waals surface area contributed by atoms with Gasteiger partial charge in [-0.2, -0.15) is 0 Å². The molecule has 0 saturated carbocycles. The molecular formula is C15H31N3O2. The lowest BCUT2D eigenvalue weighted by Crippen LogP contribution is -2.54. The van der Waals surface area contributed by atoms with Gasteiger partial charge in [0.25, 0.3) is 0 Å². The van der Waals surface area contributed by atoms with E-state index in [-0.39, 0.29) is 5.97 Å². The van der Waals surface area contributed by atoms with E-state index in [4.69, 9.17) is 4.74 Å². The third-order valence-corrected chi connectivity index (χ3v) is 4.28. The molecule has 5 heteroatoms. The molecule has 1 heterocycles. The van der Waals surface area contributed by atoms with Gasteiger partial charge in [-0.1, -0.05) is 6.92 Å². The topological polar surface area (TPSA) is 44.8 Å². The second-order valence-electron chi connectivity index (χ2n) is 6.10. The first-order valence-electron chi connectivity index (χ1n) is 7.69. The van der Waals surface area contributed by atoms with E-state index in [0.29, 0.717) is 6.04 Å². The fraction of sp³-hybridized carbons (Fsp3) is 0.933. The van der Waals surface area contributed by atoms with Crippen LogP contribution in [0.2, 0.25) is 0 Å². The Morgan fingerprint density at radius 1 is 1.35 bits per heavy atom. The maximum atomic E-state index is 12.1. The molecule has 0 radical (unpaired) electrons. The second-order valence-corrected chi connectivity index (χ2v) is 6.10. The van der Waals surface area contributed by atoms with Crippen LogP contribution in [0, 0.1) is 0 Å². The van der Waals surface area contributed by atoms with Crippen LogP contribution in [0.15, 0.2) is 0 Å². The molecule has 0 bridgehead atoms. The normalized spacial score (nSPS) is 22.9. The monoisotopic (exact) mass is 285 g/mol. The summed E-state index contributed by atoms with van der Waals surface area (Å²) in [5.41, 5.74) is -0.596. The van der Waals surface area contributed by atoms with Crippen LogP contribution in [0.5, 0.6) is 0 Å². The zero-order valence-corrected chi connectivity index (χ0v) is 13.7. The maximum absolute atomic E-state index is 12.1. The lowest BCUT2D eigenvalue weighted by atomic mass is 9.92. The second kappa shape index (κ2) is 7.96. The van der Waals surface area contributed by atoms with E-state index >= 15 is 0 Å². The molecule has 1 fully saturated rings. The molecule has 0 aromatic carbocycles. The van der Waals surface area contributed by atoms with Crippen molar-refractivity contribution in [3.05, 3.63) is 0 Å². The van der Waals surface area contributed by atoms with Gasteiger partial charge in [0.05, 0.1) is 7.11 Å². The predicted molar refractivity (Wildman–Crippen MR) is 81.9 cm³/mol. The molecule has 1 N–H and O–H groups in total. The van der Waals surface area contributed by atoms with E-state index in [1.165, 1.54) is 13.5 Å². The van der Waals surface area contributed by atoms with Crippen LogP contribution in [0.1, 0.15) is 33.6 Å². The Bertz CT molecular complexity index is 311. The fourth-order valence-corrected chi connectivity index (χ4v) is 3.07. The number of carbonyl (C=O) groups excluding carboxylic acids is 1. The van der Waals surface area contributed by atoms with Crippen molar-refractivity contribution in [3.63, 3.8) is 0 Å². The molecule has 0 amide bonds. The average Bonchev–Trinajstić information content (AvgIpc) is 2.62. The first-order chi connectivity index (χ1) is 9.42. The largest absolute Gasteiger partial charge is 0.468 e. The Kier molecular flexibility index (Phi) is 6.92.